The van der Waals surface area contributed by atoms with Crippen LogP contribution in [0.3, 0.4) is 0 Å². The number of carbonyl (C=O) groups excluding carboxylic acids is 9. The highest BCUT2D eigenvalue weighted by Gasteiger charge is 2.40. The van der Waals surface area contributed by atoms with E-state index in [1.165, 1.54) is 6.08 Å². The predicted octanol–water partition coefficient (Wildman–Crippen LogP) is 12.2. The molecule has 0 aromatic heterocycles. The van der Waals surface area contributed by atoms with Gasteiger partial charge < -0.3 is 18.9 Å². The summed E-state index contributed by atoms with van der Waals surface area (Å²) >= 11 is 0. The summed E-state index contributed by atoms with van der Waals surface area (Å²) in [6, 6.07) is 14.6. The van der Waals surface area contributed by atoms with E-state index >= 15 is 0 Å². The third-order valence-corrected chi connectivity index (χ3v) is 16.2. The lowest BCUT2D eigenvalue weighted by molar-refractivity contribution is -0.162. The lowest BCUT2D eigenvalue weighted by Gasteiger charge is -2.37. The predicted molar refractivity (Wildman–Crippen MR) is 289 cm³/mol. The van der Waals surface area contributed by atoms with Crippen LogP contribution in [0.5, 0.6) is 11.5 Å². The average Bonchev–Trinajstić information content (AvgIpc) is 3.42. The molecular weight excluding hydrogens is 965 g/mol. The molecule has 0 heterocycles. The smallest absolute Gasteiger partial charge is 0.314 e. The molecule has 0 aliphatic heterocycles. The number of rotatable bonds is 30. The van der Waals surface area contributed by atoms with Gasteiger partial charge in [-0.1, -0.05) is 58.5 Å². The number of Topliss-reactive ketones (excluding diaryl/α,β-unsaturated/α-hetero) is 4. The molecule has 0 radical (unpaired) electrons. The molecule has 3 unspecified atom stereocenters. The van der Waals surface area contributed by atoms with Crippen molar-refractivity contribution in [1.82, 2.24) is 0 Å². The summed E-state index contributed by atoms with van der Waals surface area (Å²) in [5.74, 6) is -1.37. The zero-order valence-corrected chi connectivity index (χ0v) is 46.2. The number of carbonyl (C=O) groups is 9. The molecule has 0 saturated heterocycles. The first-order chi connectivity index (χ1) is 36.2. The van der Waals surface area contributed by atoms with E-state index in [9.17, 15) is 43.2 Å². The van der Waals surface area contributed by atoms with Crippen molar-refractivity contribution in [3.05, 3.63) is 83.5 Å². The van der Waals surface area contributed by atoms with E-state index in [1.807, 2.05) is 58.9 Å². The summed E-state index contributed by atoms with van der Waals surface area (Å²) < 4.78 is 23.7. The molecule has 2 aromatic carbocycles. The molecule has 2 fully saturated rings. The summed E-state index contributed by atoms with van der Waals surface area (Å²) in [4.78, 5) is 113. The minimum atomic E-state index is -0.448. The molecule has 0 N–H and O–H groups in total. The van der Waals surface area contributed by atoms with Gasteiger partial charge in [-0.05, 0) is 168 Å². The summed E-state index contributed by atoms with van der Waals surface area (Å²) in [7, 11) is 0. The van der Waals surface area contributed by atoms with Gasteiger partial charge in [0.2, 0.25) is 0 Å². The first-order valence-electron chi connectivity index (χ1n) is 28.2. The van der Waals surface area contributed by atoms with Crippen molar-refractivity contribution >= 4 is 52.8 Å². The van der Waals surface area contributed by atoms with Crippen molar-refractivity contribution in [2.75, 3.05) is 0 Å². The standard InChI is InChI=1S/C63H84O13/c1-8-50(64)28-29-52(66)14-10-12-44-16-32-56(33-17-44)74-60(70)47-22-26-49(27-23-47)62(72)76-58-41(3)40-57(42(4)43(58)5)75-61(71)48-24-20-46(21-25-48)59(69)73-55-34-18-45(19-35-55)13-11-15-53(67)30-31-54(68)37-39-63(6,7)38-36-51(65)9-2/h9,16-19,32-35,41,46-49,57-58H,2,8,10-15,20-31,36-40H2,1,3-7H3. The van der Waals surface area contributed by atoms with Gasteiger partial charge in [0.15, 0.2) is 5.78 Å². The first kappa shape index (κ1) is 61.0. The van der Waals surface area contributed by atoms with Crippen LogP contribution >= 0.6 is 0 Å². The first-order valence-corrected chi connectivity index (χ1v) is 28.2. The van der Waals surface area contributed by atoms with Crippen LogP contribution in [0.25, 0.3) is 0 Å². The van der Waals surface area contributed by atoms with Gasteiger partial charge in [0.25, 0.3) is 0 Å². The maximum atomic E-state index is 13.5. The van der Waals surface area contributed by atoms with Crippen molar-refractivity contribution in [1.29, 1.82) is 0 Å². The van der Waals surface area contributed by atoms with Gasteiger partial charge in [-0.25, -0.2) is 0 Å². The monoisotopic (exact) mass is 1050 g/mol. The van der Waals surface area contributed by atoms with E-state index in [-0.39, 0.29) is 101 Å². The second-order valence-electron chi connectivity index (χ2n) is 22.6. The quantitative estimate of drug-likeness (QED) is 0.0311. The number of aryl methyl sites for hydroxylation is 2. The van der Waals surface area contributed by atoms with Crippen molar-refractivity contribution in [2.45, 2.75) is 208 Å². The number of hydrogen-bond acceptors (Lipinski definition) is 13. The molecule has 76 heavy (non-hydrogen) atoms. The maximum Gasteiger partial charge on any atom is 0.314 e. The molecule has 3 atom stereocenters. The number of benzene rings is 2. The second-order valence-corrected chi connectivity index (χ2v) is 22.6. The van der Waals surface area contributed by atoms with E-state index in [0.29, 0.717) is 153 Å². The highest BCUT2D eigenvalue weighted by Crippen LogP contribution is 2.38. The molecule has 0 spiro atoms. The fourth-order valence-electron chi connectivity index (χ4n) is 10.6. The number of esters is 4. The Morgan fingerprint density at radius 3 is 1.36 bits per heavy atom. The third kappa shape index (κ3) is 19.9. The molecule has 414 valence electrons. The fraction of sp³-hybridized carbons (Fsp3) is 0.603. The summed E-state index contributed by atoms with van der Waals surface area (Å²) in [6.45, 7) is 15.3. The SMILES string of the molecule is C=CC(=O)CCC(C)(C)CCC(=O)CCC(=O)CCCc1ccc(OC(=O)C2CCC(C(=O)OC3CC(C)C(OC(=O)C4CCC(C(=O)Oc5ccc(CCCC(=O)CCC(=O)CC)cc5)CC4)C(C)=C3C)CC2)cc1. The van der Waals surface area contributed by atoms with Gasteiger partial charge in [0.1, 0.15) is 46.8 Å². The van der Waals surface area contributed by atoms with Crippen LogP contribution < -0.4 is 9.47 Å². The molecule has 0 bridgehead atoms. The molecule has 2 aromatic rings. The van der Waals surface area contributed by atoms with Gasteiger partial charge in [-0.3, -0.25) is 43.2 Å². The van der Waals surface area contributed by atoms with E-state index < -0.39 is 12.2 Å². The Balaban J connectivity index is 0.950. The minimum absolute atomic E-state index is 0.00416. The van der Waals surface area contributed by atoms with Crippen molar-refractivity contribution in [2.24, 2.45) is 35.0 Å². The van der Waals surface area contributed by atoms with Crippen molar-refractivity contribution < 1.29 is 62.1 Å². The van der Waals surface area contributed by atoms with Gasteiger partial charge in [-0.15, -0.1) is 0 Å². The van der Waals surface area contributed by atoms with Crippen LogP contribution in [0.1, 0.15) is 194 Å². The van der Waals surface area contributed by atoms with Gasteiger partial charge in [0, 0.05) is 63.7 Å². The molecule has 5 rings (SSSR count). The molecule has 3 aliphatic carbocycles. The van der Waals surface area contributed by atoms with Crippen LogP contribution in [0.4, 0.5) is 0 Å². The van der Waals surface area contributed by atoms with Crippen LogP contribution in [-0.4, -0.2) is 65.0 Å². The molecule has 3 aliphatic rings. The molecular formula is C63H84O13. The average molecular weight is 1050 g/mol. The largest absolute Gasteiger partial charge is 0.458 e. The highest BCUT2D eigenvalue weighted by atomic mass is 16.6. The maximum absolute atomic E-state index is 13.5. The normalized spacial score (nSPS) is 21.7. The van der Waals surface area contributed by atoms with E-state index in [2.05, 4.69) is 6.58 Å². The van der Waals surface area contributed by atoms with Crippen LogP contribution in [-0.2, 0) is 65.5 Å². The van der Waals surface area contributed by atoms with Gasteiger partial charge >= 0.3 is 23.9 Å². The topological polar surface area (TPSA) is 191 Å². The summed E-state index contributed by atoms with van der Waals surface area (Å²) in [5, 5.41) is 0. The second kappa shape index (κ2) is 30.2. The minimum Gasteiger partial charge on any atom is -0.458 e. The highest BCUT2D eigenvalue weighted by molar-refractivity contribution is 5.89. The molecule has 13 nitrogen and oxygen atoms in total. The van der Waals surface area contributed by atoms with E-state index in [1.54, 1.807) is 31.2 Å². The van der Waals surface area contributed by atoms with Crippen LogP contribution in [0, 0.1) is 35.0 Å². The Hall–Kier alpha value is -5.85. The Bertz CT molecular complexity index is 2370. The summed E-state index contributed by atoms with van der Waals surface area (Å²) in [6.07, 6.45) is 12.3. The lowest BCUT2D eigenvalue weighted by atomic mass is 9.80. The van der Waals surface area contributed by atoms with Crippen LogP contribution in [0.2, 0.25) is 0 Å². The third-order valence-electron chi connectivity index (χ3n) is 16.2. The number of ether oxygens (including phenoxy) is 4. The molecule has 2 saturated carbocycles. The number of allylic oxidation sites excluding steroid dienone is 1. The molecule has 0 amide bonds. The number of hydrogen-bond donors (Lipinski definition) is 0. The Morgan fingerprint density at radius 2 is 0.921 bits per heavy atom. The number of ketones is 5. The van der Waals surface area contributed by atoms with Crippen molar-refractivity contribution in [3.63, 3.8) is 0 Å². The van der Waals surface area contributed by atoms with Crippen molar-refractivity contribution in [3.8, 4) is 11.5 Å². The van der Waals surface area contributed by atoms with Gasteiger partial charge in [0.05, 0.1) is 23.7 Å². The van der Waals surface area contributed by atoms with Gasteiger partial charge in [-0.2, -0.15) is 0 Å². The Morgan fingerprint density at radius 1 is 0.526 bits per heavy atom. The fourth-order valence-corrected chi connectivity index (χ4v) is 10.6. The Kier molecular flexibility index (Phi) is 24.2. The van der Waals surface area contributed by atoms with Crippen LogP contribution in [0.15, 0.2) is 72.3 Å². The lowest BCUT2D eigenvalue weighted by Crippen LogP contribution is -2.40. The zero-order valence-electron chi connectivity index (χ0n) is 46.2. The summed E-state index contributed by atoms with van der Waals surface area (Å²) in [5.41, 5.74) is 3.66. The Labute approximate surface area is 451 Å². The van der Waals surface area contributed by atoms with E-state index in [0.717, 1.165) is 22.3 Å². The van der Waals surface area contributed by atoms with E-state index in [4.69, 9.17) is 18.9 Å². The molecule has 13 heteroatoms. The zero-order chi connectivity index (χ0) is 55.4.